The van der Waals surface area contributed by atoms with Gasteiger partial charge >= 0.3 is 6.61 Å². The first-order valence-electron chi connectivity index (χ1n) is 10.8. The van der Waals surface area contributed by atoms with Crippen molar-refractivity contribution in [3.8, 4) is 17.5 Å². The molecule has 1 heterocycles. The molecule has 0 spiro atoms. The lowest BCUT2D eigenvalue weighted by Crippen LogP contribution is -2.33. The second kappa shape index (κ2) is 11.3. The highest BCUT2D eigenvalue weighted by Gasteiger charge is 2.17. The summed E-state index contributed by atoms with van der Waals surface area (Å²) in [6.45, 7) is -2.72. The topological polar surface area (TPSA) is 84.1 Å². The Morgan fingerprint density at radius 2 is 1.67 bits per heavy atom. The molecule has 9 heteroatoms. The fourth-order valence-corrected chi connectivity index (χ4v) is 4.52. The van der Waals surface area contributed by atoms with E-state index in [4.69, 9.17) is 0 Å². The highest BCUT2D eigenvalue weighted by molar-refractivity contribution is 7.07. The summed E-state index contributed by atoms with van der Waals surface area (Å²) in [5.74, 6) is -0.613. The van der Waals surface area contributed by atoms with E-state index >= 15 is 0 Å². The number of nitriles is 1. The van der Waals surface area contributed by atoms with Gasteiger partial charge in [0.1, 0.15) is 16.5 Å². The van der Waals surface area contributed by atoms with E-state index in [9.17, 15) is 23.6 Å². The predicted molar refractivity (Wildman–Crippen MR) is 133 cm³/mol. The third-order valence-corrected chi connectivity index (χ3v) is 6.18. The summed E-state index contributed by atoms with van der Waals surface area (Å²) < 4.78 is 31.0. The average molecular weight is 504 g/mol. The molecule has 180 valence electrons. The number of rotatable bonds is 7. The largest absolute Gasteiger partial charge is 0.435 e. The van der Waals surface area contributed by atoms with Crippen molar-refractivity contribution in [2.75, 3.05) is 0 Å². The Morgan fingerprint density at radius 3 is 2.28 bits per heavy atom. The molecule has 0 aliphatic heterocycles. The Bertz CT molecular complexity index is 1570. The van der Waals surface area contributed by atoms with Gasteiger partial charge in [0.15, 0.2) is 5.57 Å². The van der Waals surface area contributed by atoms with Crippen LogP contribution < -0.4 is 24.8 Å². The minimum atomic E-state index is -2.94. The molecule has 1 N–H and O–H groups in total. The van der Waals surface area contributed by atoms with E-state index in [1.807, 2.05) is 36.4 Å². The summed E-state index contributed by atoms with van der Waals surface area (Å²) in [6, 6.07) is 25.7. The smallest absolute Gasteiger partial charge is 0.387 e. The molecule has 1 aromatic heterocycles. The first-order chi connectivity index (χ1) is 17.5. The second-order valence-electron chi connectivity index (χ2n) is 7.49. The van der Waals surface area contributed by atoms with E-state index in [1.54, 1.807) is 36.4 Å². The van der Waals surface area contributed by atoms with Crippen LogP contribution in [0, 0.1) is 11.3 Å². The first kappa shape index (κ1) is 24.6. The lowest BCUT2D eigenvalue weighted by Gasteiger charge is -2.06. The molecule has 0 saturated carbocycles. The fraction of sp³-hybridized carbons (Fsp3) is 0.0741. The highest BCUT2D eigenvalue weighted by Crippen LogP contribution is 2.15. The number of carbonyl (C=O) groups is 1. The standard InChI is InChI=1S/C27H19F2N3O3S/c28-27(29)35-21-13-11-18(12-14-21)15-23-25(34)32(20-9-5-2-6-10-20)26(36-23)22(16-30)24(33)31-17-19-7-3-1-4-8-19/h1-15,27H,17H2,(H,31,33). The van der Waals surface area contributed by atoms with Crippen LogP contribution in [0.15, 0.2) is 89.7 Å². The van der Waals surface area contributed by atoms with Gasteiger partial charge in [0.2, 0.25) is 0 Å². The van der Waals surface area contributed by atoms with Crippen LogP contribution in [0.4, 0.5) is 8.78 Å². The summed E-state index contributed by atoms with van der Waals surface area (Å²) in [5.41, 5.74) is 1.31. The number of hydrogen-bond acceptors (Lipinski definition) is 5. The number of hydrogen-bond donors (Lipinski definition) is 1. The molecule has 0 atom stereocenters. The molecule has 0 saturated heterocycles. The van der Waals surface area contributed by atoms with E-state index in [-0.39, 0.29) is 27.1 Å². The van der Waals surface area contributed by atoms with Crippen molar-refractivity contribution in [1.82, 2.24) is 9.88 Å². The van der Waals surface area contributed by atoms with Gasteiger partial charge in [-0.05, 0) is 41.5 Å². The number of para-hydroxylation sites is 1. The van der Waals surface area contributed by atoms with E-state index < -0.39 is 18.1 Å². The number of aromatic nitrogens is 1. The first-order valence-corrected chi connectivity index (χ1v) is 11.6. The Hall–Kier alpha value is -4.55. The van der Waals surface area contributed by atoms with Crippen LogP contribution in [0.25, 0.3) is 17.3 Å². The average Bonchev–Trinajstić information content (AvgIpc) is 3.20. The molecule has 1 amide bonds. The van der Waals surface area contributed by atoms with Crippen molar-refractivity contribution >= 4 is 28.9 Å². The molecule has 0 bridgehead atoms. The van der Waals surface area contributed by atoms with E-state index in [2.05, 4.69) is 10.1 Å². The van der Waals surface area contributed by atoms with Crippen molar-refractivity contribution < 1.29 is 18.3 Å². The molecule has 3 aromatic carbocycles. The van der Waals surface area contributed by atoms with Gasteiger partial charge in [-0.2, -0.15) is 14.0 Å². The van der Waals surface area contributed by atoms with Gasteiger partial charge in [-0.15, -0.1) is 11.3 Å². The number of carbonyl (C=O) groups excluding carboxylic acids is 1. The lowest BCUT2D eigenvalue weighted by molar-refractivity contribution is -0.115. The van der Waals surface area contributed by atoms with Gasteiger partial charge in [-0.1, -0.05) is 60.7 Å². The van der Waals surface area contributed by atoms with Crippen molar-refractivity contribution in [2.24, 2.45) is 0 Å². The van der Waals surface area contributed by atoms with Crippen LogP contribution in [0.5, 0.6) is 5.75 Å². The van der Waals surface area contributed by atoms with Gasteiger partial charge in [0.05, 0.1) is 10.2 Å². The number of thiazole rings is 1. The minimum Gasteiger partial charge on any atom is -0.435 e. The Labute approximate surface area is 208 Å². The van der Waals surface area contributed by atoms with E-state index in [0.29, 0.717) is 11.3 Å². The Balaban J connectivity index is 1.81. The lowest BCUT2D eigenvalue weighted by atomic mass is 10.2. The normalized spacial score (nSPS) is 12.2. The maximum Gasteiger partial charge on any atom is 0.387 e. The zero-order valence-corrected chi connectivity index (χ0v) is 19.5. The molecule has 0 aliphatic rings. The molecule has 4 aromatic rings. The molecule has 0 aliphatic carbocycles. The van der Waals surface area contributed by atoms with Crippen LogP contribution in [0.1, 0.15) is 11.1 Å². The summed E-state index contributed by atoms with van der Waals surface area (Å²) >= 11 is 0.997. The van der Waals surface area contributed by atoms with Gasteiger partial charge in [0, 0.05) is 6.54 Å². The number of ether oxygens (including phenoxy) is 1. The number of amides is 1. The Morgan fingerprint density at radius 1 is 1.03 bits per heavy atom. The predicted octanol–water partition coefficient (Wildman–Crippen LogP) is 3.32. The molecule has 4 rings (SSSR count). The van der Waals surface area contributed by atoms with Crippen molar-refractivity contribution in [2.45, 2.75) is 13.2 Å². The molecule has 36 heavy (non-hydrogen) atoms. The monoisotopic (exact) mass is 503 g/mol. The zero-order valence-electron chi connectivity index (χ0n) is 18.7. The molecule has 0 fully saturated rings. The summed E-state index contributed by atoms with van der Waals surface area (Å²) in [6.07, 6.45) is 1.57. The van der Waals surface area contributed by atoms with Crippen LogP contribution >= 0.6 is 11.3 Å². The third kappa shape index (κ3) is 5.74. The maximum atomic E-state index is 13.4. The summed E-state index contributed by atoms with van der Waals surface area (Å²) in [4.78, 5) is 26.4. The second-order valence-corrected chi connectivity index (χ2v) is 8.53. The molecule has 0 radical (unpaired) electrons. The molecular weight excluding hydrogens is 484 g/mol. The van der Waals surface area contributed by atoms with E-state index in [1.165, 1.54) is 28.8 Å². The van der Waals surface area contributed by atoms with Gasteiger partial charge in [-0.3, -0.25) is 14.2 Å². The van der Waals surface area contributed by atoms with Gasteiger partial charge in [-0.25, -0.2) is 0 Å². The molecular formula is C27H19F2N3O3S. The van der Waals surface area contributed by atoms with Gasteiger partial charge < -0.3 is 10.1 Å². The number of halogens is 2. The number of alkyl halides is 2. The molecule has 6 nitrogen and oxygen atoms in total. The van der Waals surface area contributed by atoms with Crippen LogP contribution in [0.2, 0.25) is 0 Å². The Kier molecular flexibility index (Phi) is 7.68. The number of nitrogens with zero attached hydrogens (tertiary/aromatic N) is 2. The zero-order chi connectivity index (χ0) is 25.5. The van der Waals surface area contributed by atoms with Crippen molar-refractivity contribution in [3.05, 3.63) is 116 Å². The summed E-state index contributed by atoms with van der Waals surface area (Å²) in [5, 5.41) is 12.6. The number of benzene rings is 3. The highest BCUT2D eigenvalue weighted by atomic mass is 32.1. The molecule has 0 unspecified atom stereocenters. The number of nitrogens with one attached hydrogen (secondary N) is 1. The third-order valence-electron chi connectivity index (χ3n) is 5.09. The van der Waals surface area contributed by atoms with Crippen LogP contribution in [-0.2, 0) is 11.3 Å². The minimum absolute atomic E-state index is 0.00842. The van der Waals surface area contributed by atoms with Gasteiger partial charge in [0.25, 0.3) is 11.5 Å². The van der Waals surface area contributed by atoms with Crippen molar-refractivity contribution in [3.63, 3.8) is 0 Å². The van der Waals surface area contributed by atoms with Crippen LogP contribution in [-0.4, -0.2) is 17.1 Å². The quantitative estimate of drug-likeness (QED) is 0.420. The fourth-order valence-electron chi connectivity index (χ4n) is 3.42. The van der Waals surface area contributed by atoms with Crippen molar-refractivity contribution in [1.29, 1.82) is 5.26 Å². The van der Waals surface area contributed by atoms with E-state index in [0.717, 1.165) is 16.9 Å². The van der Waals surface area contributed by atoms with Crippen LogP contribution in [0.3, 0.4) is 0 Å². The summed E-state index contributed by atoms with van der Waals surface area (Å²) in [7, 11) is 0. The SMILES string of the molecule is N#CC(C(=O)NCc1ccccc1)=c1sc(=Cc2ccc(OC(F)F)cc2)c(=O)n1-c1ccccc1. The maximum absolute atomic E-state index is 13.4.